The zero-order chi connectivity index (χ0) is 18.8. The van der Waals surface area contributed by atoms with Crippen LogP contribution in [0, 0.1) is 13.8 Å². The fraction of sp³-hybridized carbons (Fsp3) is 0.381. The number of aromatic nitrogens is 3. The SMILES string of the molecule is Cc1cc(C)n(-c2ccc(CCC(=O)Nc3nc4c(s3)CCCC4)cc2)n1. The molecule has 2 aromatic heterocycles. The van der Waals surface area contributed by atoms with Crippen molar-refractivity contribution in [2.24, 2.45) is 0 Å². The first-order valence-electron chi connectivity index (χ1n) is 9.49. The van der Waals surface area contributed by atoms with Crippen molar-refractivity contribution in [1.82, 2.24) is 14.8 Å². The van der Waals surface area contributed by atoms with Gasteiger partial charge in [0.1, 0.15) is 0 Å². The third kappa shape index (κ3) is 4.11. The van der Waals surface area contributed by atoms with Gasteiger partial charge in [-0.3, -0.25) is 4.79 Å². The van der Waals surface area contributed by atoms with Crippen molar-refractivity contribution in [2.75, 3.05) is 5.32 Å². The van der Waals surface area contributed by atoms with E-state index in [0.29, 0.717) is 12.8 Å². The van der Waals surface area contributed by atoms with Gasteiger partial charge in [0.15, 0.2) is 5.13 Å². The summed E-state index contributed by atoms with van der Waals surface area (Å²) in [5.74, 6) is 0.0312. The third-order valence-electron chi connectivity index (χ3n) is 4.92. The number of anilines is 1. The third-order valence-corrected chi connectivity index (χ3v) is 6.00. The molecule has 3 aromatic rings. The first kappa shape index (κ1) is 17.9. The number of aryl methyl sites for hydroxylation is 5. The molecule has 1 aliphatic rings. The first-order chi connectivity index (χ1) is 13.1. The molecule has 0 fully saturated rings. The van der Waals surface area contributed by atoms with Crippen LogP contribution in [0.15, 0.2) is 30.3 Å². The number of carbonyl (C=O) groups is 1. The molecular weight excluding hydrogens is 356 g/mol. The molecule has 1 amide bonds. The highest BCUT2D eigenvalue weighted by molar-refractivity contribution is 7.15. The van der Waals surface area contributed by atoms with Crippen molar-refractivity contribution in [1.29, 1.82) is 0 Å². The van der Waals surface area contributed by atoms with Crippen LogP contribution in [0.2, 0.25) is 0 Å². The standard InChI is InChI=1S/C21H24N4OS/c1-14-13-15(2)25(24-14)17-10-7-16(8-11-17)9-12-20(26)23-21-22-18-5-3-4-6-19(18)27-21/h7-8,10-11,13H,3-6,9,12H2,1-2H3,(H,22,23,26). The molecule has 1 aliphatic carbocycles. The predicted molar refractivity (Wildman–Crippen MR) is 109 cm³/mol. The van der Waals surface area contributed by atoms with Gasteiger partial charge in [-0.05, 0) is 69.7 Å². The smallest absolute Gasteiger partial charge is 0.226 e. The van der Waals surface area contributed by atoms with Crippen molar-refractivity contribution in [2.45, 2.75) is 52.4 Å². The fourth-order valence-corrected chi connectivity index (χ4v) is 4.61. The van der Waals surface area contributed by atoms with Crippen LogP contribution < -0.4 is 5.32 Å². The van der Waals surface area contributed by atoms with Crippen LogP contribution in [0.25, 0.3) is 5.69 Å². The van der Waals surface area contributed by atoms with Crippen molar-refractivity contribution in [3.63, 3.8) is 0 Å². The van der Waals surface area contributed by atoms with Gasteiger partial charge in [0, 0.05) is 17.0 Å². The number of nitrogens with zero attached hydrogens (tertiary/aromatic N) is 3. The highest BCUT2D eigenvalue weighted by Gasteiger charge is 2.16. The normalized spacial score (nSPS) is 13.4. The Hall–Kier alpha value is -2.47. The summed E-state index contributed by atoms with van der Waals surface area (Å²) >= 11 is 1.64. The van der Waals surface area contributed by atoms with Crippen LogP contribution in [0.4, 0.5) is 5.13 Å². The summed E-state index contributed by atoms with van der Waals surface area (Å²) < 4.78 is 1.94. The molecule has 27 heavy (non-hydrogen) atoms. The van der Waals surface area contributed by atoms with E-state index in [4.69, 9.17) is 0 Å². The maximum Gasteiger partial charge on any atom is 0.226 e. The average molecular weight is 381 g/mol. The lowest BCUT2D eigenvalue weighted by atomic mass is 10.0. The number of rotatable bonds is 5. The van der Waals surface area contributed by atoms with E-state index >= 15 is 0 Å². The summed E-state index contributed by atoms with van der Waals surface area (Å²) in [7, 11) is 0. The van der Waals surface area contributed by atoms with E-state index in [-0.39, 0.29) is 5.91 Å². The zero-order valence-corrected chi connectivity index (χ0v) is 16.6. The molecule has 1 N–H and O–H groups in total. The molecule has 0 spiro atoms. The molecule has 0 saturated carbocycles. The van der Waals surface area contributed by atoms with E-state index in [0.717, 1.165) is 40.6 Å². The Morgan fingerprint density at radius 1 is 1.19 bits per heavy atom. The Morgan fingerprint density at radius 2 is 1.96 bits per heavy atom. The zero-order valence-electron chi connectivity index (χ0n) is 15.8. The minimum atomic E-state index is 0.0312. The number of amides is 1. The van der Waals surface area contributed by atoms with Crippen molar-refractivity contribution in [3.8, 4) is 5.69 Å². The molecule has 0 bridgehead atoms. The number of hydrogen-bond donors (Lipinski definition) is 1. The molecule has 0 radical (unpaired) electrons. The highest BCUT2D eigenvalue weighted by Crippen LogP contribution is 2.29. The van der Waals surface area contributed by atoms with Gasteiger partial charge in [0.05, 0.1) is 17.1 Å². The van der Waals surface area contributed by atoms with Crippen molar-refractivity contribution >= 4 is 22.4 Å². The highest BCUT2D eigenvalue weighted by atomic mass is 32.1. The Morgan fingerprint density at radius 3 is 2.67 bits per heavy atom. The number of hydrogen-bond acceptors (Lipinski definition) is 4. The molecule has 2 heterocycles. The second kappa shape index (κ2) is 7.64. The summed E-state index contributed by atoms with van der Waals surface area (Å²) in [4.78, 5) is 18.2. The first-order valence-corrected chi connectivity index (χ1v) is 10.3. The van der Waals surface area contributed by atoms with Gasteiger partial charge in [0.25, 0.3) is 0 Å². The van der Waals surface area contributed by atoms with E-state index in [1.54, 1.807) is 11.3 Å². The lowest BCUT2D eigenvalue weighted by Gasteiger charge is -2.06. The average Bonchev–Trinajstić information content (AvgIpc) is 3.22. The Labute approximate surface area is 163 Å². The second-order valence-corrected chi connectivity index (χ2v) is 8.23. The maximum absolute atomic E-state index is 12.3. The number of thiazole rings is 1. The number of fused-ring (bicyclic) bond motifs is 1. The minimum absolute atomic E-state index is 0.0312. The van der Waals surface area contributed by atoms with Gasteiger partial charge in [-0.25, -0.2) is 9.67 Å². The summed E-state index contributed by atoms with van der Waals surface area (Å²) in [6.45, 7) is 4.05. The van der Waals surface area contributed by atoms with Gasteiger partial charge in [-0.1, -0.05) is 12.1 Å². The maximum atomic E-state index is 12.3. The van der Waals surface area contributed by atoms with Gasteiger partial charge in [-0.2, -0.15) is 5.10 Å². The van der Waals surface area contributed by atoms with Crippen LogP contribution in [0.5, 0.6) is 0 Å². The summed E-state index contributed by atoms with van der Waals surface area (Å²) in [5.41, 5.74) is 5.50. The van der Waals surface area contributed by atoms with Crippen LogP contribution in [-0.4, -0.2) is 20.7 Å². The quantitative estimate of drug-likeness (QED) is 0.714. The van der Waals surface area contributed by atoms with E-state index < -0.39 is 0 Å². The largest absolute Gasteiger partial charge is 0.302 e. The van der Waals surface area contributed by atoms with E-state index in [1.165, 1.54) is 23.4 Å². The molecule has 1 aromatic carbocycles. The molecule has 0 atom stereocenters. The van der Waals surface area contributed by atoms with Crippen LogP contribution >= 0.6 is 11.3 Å². The van der Waals surface area contributed by atoms with E-state index in [9.17, 15) is 4.79 Å². The van der Waals surface area contributed by atoms with Gasteiger partial charge < -0.3 is 5.32 Å². The molecule has 0 unspecified atom stereocenters. The number of nitrogens with one attached hydrogen (secondary N) is 1. The molecule has 140 valence electrons. The summed E-state index contributed by atoms with van der Waals surface area (Å²) in [6.07, 6.45) is 5.76. The number of carbonyl (C=O) groups excluding carboxylic acids is 1. The van der Waals surface area contributed by atoms with Crippen LogP contribution in [0.3, 0.4) is 0 Å². The monoisotopic (exact) mass is 380 g/mol. The second-order valence-electron chi connectivity index (χ2n) is 7.15. The topological polar surface area (TPSA) is 59.8 Å². The minimum Gasteiger partial charge on any atom is -0.302 e. The van der Waals surface area contributed by atoms with Gasteiger partial charge in [0.2, 0.25) is 5.91 Å². The van der Waals surface area contributed by atoms with E-state index in [2.05, 4.69) is 52.7 Å². The van der Waals surface area contributed by atoms with Crippen LogP contribution in [0.1, 0.15) is 46.8 Å². The Kier molecular flexibility index (Phi) is 5.07. The molecule has 5 nitrogen and oxygen atoms in total. The van der Waals surface area contributed by atoms with Crippen molar-refractivity contribution in [3.05, 3.63) is 57.9 Å². The molecule has 0 saturated heterocycles. The molecular formula is C21H24N4OS. The van der Waals surface area contributed by atoms with Gasteiger partial charge >= 0.3 is 0 Å². The molecule has 6 heteroatoms. The summed E-state index contributed by atoms with van der Waals surface area (Å²) in [6, 6.07) is 10.3. The van der Waals surface area contributed by atoms with Crippen molar-refractivity contribution < 1.29 is 4.79 Å². The molecule has 4 rings (SSSR count). The summed E-state index contributed by atoms with van der Waals surface area (Å²) in [5, 5.41) is 8.23. The Balaban J connectivity index is 1.33. The van der Waals surface area contributed by atoms with Gasteiger partial charge in [-0.15, -0.1) is 11.3 Å². The fourth-order valence-electron chi connectivity index (χ4n) is 3.54. The predicted octanol–water partition coefficient (Wildman–Crippen LogP) is 4.40. The van der Waals surface area contributed by atoms with E-state index in [1.807, 2.05) is 11.6 Å². The number of benzene rings is 1. The molecule has 0 aliphatic heterocycles. The Bertz CT molecular complexity index is 932. The van der Waals surface area contributed by atoms with Crippen LogP contribution in [-0.2, 0) is 24.1 Å². The lowest BCUT2D eigenvalue weighted by molar-refractivity contribution is -0.116. The lowest BCUT2D eigenvalue weighted by Crippen LogP contribution is -2.12.